The van der Waals surface area contributed by atoms with Crippen molar-refractivity contribution in [1.82, 2.24) is 10.2 Å². The highest BCUT2D eigenvalue weighted by atomic mass is 16.5. The van der Waals surface area contributed by atoms with E-state index in [-0.39, 0.29) is 11.8 Å². The molecule has 6 nitrogen and oxygen atoms in total. The zero-order valence-electron chi connectivity index (χ0n) is 14.7. The maximum absolute atomic E-state index is 12.7. The monoisotopic (exact) mass is 346 g/mol. The third-order valence-electron chi connectivity index (χ3n) is 5.47. The molecule has 6 heteroatoms. The SMILES string of the molecule is COc1ccccc1CCC(=O)N1CC[C@@H](O)[C@@]2(CCCNC2=O)C1. The summed E-state index contributed by atoms with van der Waals surface area (Å²) in [5.74, 6) is 0.691. The lowest BCUT2D eigenvalue weighted by Gasteiger charge is -2.46. The van der Waals surface area contributed by atoms with Gasteiger partial charge >= 0.3 is 0 Å². The van der Waals surface area contributed by atoms with Crippen LogP contribution in [0.5, 0.6) is 5.75 Å². The van der Waals surface area contributed by atoms with Gasteiger partial charge in [-0.05, 0) is 37.3 Å². The number of ether oxygens (including phenoxy) is 1. The van der Waals surface area contributed by atoms with Gasteiger partial charge in [-0.1, -0.05) is 18.2 Å². The van der Waals surface area contributed by atoms with E-state index in [1.165, 1.54) is 0 Å². The van der Waals surface area contributed by atoms with Gasteiger partial charge in [-0.25, -0.2) is 0 Å². The fourth-order valence-electron chi connectivity index (χ4n) is 3.97. The normalized spacial score (nSPS) is 26.4. The molecule has 0 unspecified atom stereocenters. The van der Waals surface area contributed by atoms with Crippen LogP contribution in [0, 0.1) is 5.41 Å². The number of nitrogens with zero attached hydrogens (tertiary/aromatic N) is 1. The fraction of sp³-hybridized carbons (Fsp3) is 0.579. The van der Waals surface area contributed by atoms with E-state index in [0.717, 1.165) is 17.7 Å². The topological polar surface area (TPSA) is 78.9 Å². The van der Waals surface area contributed by atoms with Gasteiger partial charge < -0.3 is 20.1 Å². The summed E-state index contributed by atoms with van der Waals surface area (Å²) >= 11 is 0. The van der Waals surface area contributed by atoms with Crippen LogP contribution in [0.1, 0.15) is 31.2 Å². The van der Waals surface area contributed by atoms with E-state index in [1.54, 1.807) is 12.0 Å². The molecular formula is C19H26N2O4. The standard InChI is InChI=1S/C19H26N2O4/c1-25-15-6-3-2-5-14(15)7-8-17(23)21-12-9-16(22)19(13-21)10-4-11-20-18(19)24/h2-3,5-6,16,22H,4,7-13H2,1H3,(H,20,24)/t16-,19-/m1/s1. The Morgan fingerprint density at radius 2 is 2.24 bits per heavy atom. The number of rotatable bonds is 4. The van der Waals surface area contributed by atoms with Gasteiger partial charge in [-0.3, -0.25) is 9.59 Å². The van der Waals surface area contributed by atoms with Gasteiger partial charge in [0.25, 0.3) is 0 Å². The highest BCUT2D eigenvalue weighted by Crippen LogP contribution is 2.37. The minimum atomic E-state index is -0.837. The zero-order chi connectivity index (χ0) is 17.9. The molecule has 2 atom stereocenters. The van der Waals surface area contributed by atoms with Crippen molar-refractivity contribution in [3.05, 3.63) is 29.8 Å². The van der Waals surface area contributed by atoms with Crippen LogP contribution in [0.2, 0.25) is 0 Å². The molecule has 2 saturated heterocycles. The average molecular weight is 346 g/mol. The maximum Gasteiger partial charge on any atom is 0.230 e. The van der Waals surface area contributed by atoms with Gasteiger partial charge in [-0.15, -0.1) is 0 Å². The number of amides is 2. The second kappa shape index (κ2) is 7.44. The van der Waals surface area contributed by atoms with Gasteiger partial charge in [-0.2, -0.15) is 0 Å². The molecule has 1 aromatic rings. The highest BCUT2D eigenvalue weighted by molar-refractivity contribution is 5.86. The van der Waals surface area contributed by atoms with E-state index in [1.807, 2.05) is 24.3 Å². The second-order valence-electron chi connectivity index (χ2n) is 6.95. The molecular weight excluding hydrogens is 320 g/mol. The number of nitrogens with one attached hydrogen (secondary N) is 1. The van der Waals surface area contributed by atoms with E-state index in [0.29, 0.717) is 45.3 Å². The molecule has 1 aromatic carbocycles. The van der Waals surface area contributed by atoms with Crippen molar-refractivity contribution in [2.24, 2.45) is 5.41 Å². The predicted molar refractivity (Wildman–Crippen MR) is 93.2 cm³/mol. The minimum Gasteiger partial charge on any atom is -0.496 e. The smallest absolute Gasteiger partial charge is 0.230 e. The molecule has 3 rings (SSSR count). The van der Waals surface area contributed by atoms with E-state index >= 15 is 0 Å². The number of aryl methyl sites for hydroxylation is 1. The van der Waals surface area contributed by atoms with Crippen molar-refractivity contribution in [1.29, 1.82) is 0 Å². The summed E-state index contributed by atoms with van der Waals surface area (Å²) in [7, 11) is 1.62. The molecule has 0 bridgehead atoms. The number of aliphatic hydroxyl groups is 1. The first-order chi connectivity index (χ1) is 12.1. The highest BCUT2D eigenvalue weighted by Gasteiger charge is 2.50. The van der Waals surface area contributed by atoms with Crippen LogP contribution in [0.3, 0.4) is 0 Å². The van der Waals surface area contributed by atoms with Crippen molar-refractivity contribution in [3.63, 3.8) is 0 Å². The Morgan fingerprint density at radius 3 is 3.00 bits per heavy atom. The number of carbonyl (C=O) groups is 2. The number of para-hydroxylation sites is 1. The molecule has 0 radical (unpaired) electrons. The third-order valence-corrected chi connectivity index (χ3v) is 5.47. The zero-order valence-corrected chi connectivity index (χ0v) is 14.7. The number of carbonyl (C=O) groups excluding carboxylic acids is 2. The van der Waals surface area contributed by atoms with E-state index in [9.17, 15) is 14.7 Å². The summed E-state index contributed by atoms with van der Waals surface area (Å²) < 4.78 is 5.33. The Bertz CT molecular complexity index is 648. The van der Waals surface area contributed by atoms with Gasteiger partial charge in [0.05, 0.1) is 18.6 Å². The van der Waals surface area contributed by atoms with E-state index in [4.69, 9.17) is 4.74 Å². The minimum absolute atomic E-state index is 0.0237. The maximum atomic E-state index is 12.7. The first kappa shape index (κ1) is 17.7. The number of piperidine rings is 2. The number of aliphatic hydroxyl groups excluding tert-OH is 1. The number of methoxy groups -OCH3 is 1. The lowest BCUT2D eigenvalue weighted by atomic mass is 9.71. The molecule has 2 amide bonds. The molecule has 0 saturated carbocycles. The molecule has 0 aliphatic carbocycles. The van der Waals surface area contributed by atoms with Crippen LogP contribution in [0.25, 0.3) is 0 Å². The molecule has 2 heterocycles. The van der Waals surface area contributed by atoms with Crippen molar-refractivity contribution >= 4 is 11.8 Å². The third kappa shape index (κ3) is 3.49. The summed E-state index contributed by atoms with van der Waals surface area (Å²) in [6.45, 7) is 1.46. The van der Waals surface area contributed by atoms with Crippen molar-refractivity contribution in [3.8, 4) is 5.75 Å². The number of likely N-dealkylation sites (tertiary alicyclic amines) is 1. The van der Waals surface area contributed by atoms with Crippen molar-refractivity contribution < 1.29 is 19.4 Å². The van der Waals surface area contributed by atoms with Crippen LogP contribution in [0.15, 0.2) is 24.3 Å². The van der Waals surface area contributed by atoms with Gasteiger partial charge in [0.1, 0.15) is 5.75 Å². The Kier molecular flexibility index (Phi) is 5.27. The van der Waals surface area contributed by atoms with Crippen LogP contribution >= 0.6 is 0 Å². The predicted octanol–water partition coefficient (Wildman–Crippen LogP) is 1.12. The quantitative estimate of drug-likeness (QED) is 0.856. The summed E-state index contributed by atoms with van der Waals surface area (Å²) in [5.41, 5.74) is 0.164. The molecule has 136 valence electrons. The number of hydrogen-bond acceptors (Lipinski definition) is 4. The molecule has 25 heavy (non-hydrogen) atoms. The van der Waals surface area contributed by atoms with Gasteiger partial charge in [0.15, 0.2) is 0 Å². The molecule has 0 aromatic heterocycles. The van der Waals surface area contributed by atoms with Crippen LogP contribution < -0.4 is 10.1 Å². The number of benzene rings is 1. The van der Waals surface area contributed by atoms with Crippen LogP contribution in [-0.4, -0.2) is 54.7 Å². The van der Waals surface area contributed by atoms with Crippen LogP contribution in [-0.2, 0) is 16.0 Å². The average Bonchev–Trinajstić information content (AvgIpc) is 2.64. The number of hydrogen-bond donors (Lipinski definition) is 2. The first-order valence-corrected chi connectivity index (χ1v) is 8.93. The Balaban J connectivity index is 1.65. The molecule has 2 N–H and O–H groups in total. The van der Waals surface area contributed by atoms with Gasteiger partial charge in [0.2, 0.25) is 11.8 Å². The van der Waals surface area contributed by atoms with E-state index in [2.05, 4.69) is 5.32 Å². The Labute approximate surface area is 148 Å². The molecule has 1 spiro atoms. The summed E-state index contributed by atoms with van der Waals surface area (Å²) in [4.78, 5) is 26.8. The van der Waals surface area contributed by atoms with E-state index < -0.39 is 11.5 Å². The van der Waals surface area contributed by atoms with Crippen molar-refractivity contribution in [2.75, 3.05) is 26.7 Å². The fourth-order valence-corrected chi connectivity index (χ4v) is 3.97. The lowest BCUT2D eigenvalue weighted by molar-refractivity contribution is -0.154. The molecule has 2 aliphatic heterocycles. The van der Waals surface area contributed by atoms with Crippen LogP contribution in [0.4, 0.5) is 0 Å². The summed E-state index contributed by atoms with van der Waals surface area (Å²) in [6.07, 6.45) is 2.22. The van der Waals surface area contributed by atoms with Crippen molar-refractivity contribution in [2.45, 2.75) is 38.2 Å². The summed E-state index contributed by atoms with van der Waals surface area (Å²) in [6, 6.07) is 7.68. The largest absolute Gasteiger partial charge is 0.496 e. The molecule has 2 aliphatic rings. The lowest BCUT2D eigenvalue weighted by Crippen LogP contribution is -2.62. The Hall–Kier alpha value is -2.08. The Morgan fingerprint density at radius 1 is 1.44 bits per heavy atom. The summed E-state index contributed by atoms with van der Waals surface area (Å²) in [5, 5.41) is 13.3. The molecule has 2 fully saturated rings. The second-order valence-corrected chi connectivity index (χ2v) is 6.95. The van der Waals surface area contributed by atoms with Gasteiger partial charge in [0, 0.05) is 26.1 Å². The first-order valence-electron chi connectivity index (χ1n) is 8.93.